The van der Waals surface area contributed by atoms with Crippen LogP contribution in [0.15, 0.2) is 42.5 Å². The summed E-state index contributed by atoms with van der Waals surface area (Å²) in [7, 11) is 0. The Morgan fingerprint density at radius 3 is 2.43 bits per heavy atom. The number of carbonyl (C=O) groups excluding carboxylic acids is 2. The van der Waals surface area contributed by atoms with Gasteiger partial charge in [0.25, 0.3) is 11.8 Å². The van der Waals surface area contributed by atoms with E-state index in [-0.39, 0.29) is 25.0 Å². The Hall–Kier alpha value is -2.53. The van der Waals surface area contributed by atoms with Crippen LogP contribution in [0.5, 0.6) is 11.5 Å². The van der Waals surface area contributed by atoms with Gasteiger partial charge in [-0.1, -0.05) is 23.7 Å². The lowest BCUT2D eigenvalue weighted by Crippen LogP contribution is -2.43. The molecule has 2 aliphatic heterocycles. The van der Waals surface area contributed by atoms with Gasteiger partial charge < -0.3 is 9.47 Å². The van der Waals surface area contributed by atoms with Crippen LogP contribution in [0.2, 0.25) is 5.02 Å². The number of ether oxygens (including phenoxy) is 2. The molecule has 1 atom stereocenters. The number of halogens is 1. The Labute approximate surface area is 137 Å². The van der Waals surface area contributed by atoms with Gasteiger partial charge in [0.1, 0.15) is 6.61 Å². The smallest absolute Gasteiger partial charge is 0.261 e. The van der Waals surface area contributed by atoms with Crippen molar-refractivity contribution in [2.24, 2.45) is 0 Å². The highest BCUT2D eigenvalue weighted by Crippen LogP contribution is 2.34. The van der Waals surface area contributed by atoms with E-state index in [4.69, 9.17) is 21.1 Å². The quantitative estimate of drug-likeness (QED) is 0.795. The van der Waals surface area contributed by atoms with E-state index in [1.54, 1.807) is 42.5 Å². The number of hydrogen-bond acceptors (Lipinski definition) is 4. The fourth-order valence-corrected chi connectivity index (χ4v) is 2.95. The lowest BCUT2D eigenvalue weighted by atomic mass is 10.1. The molecule has 6 heteroatoms. The normalized spacial score (nSPS) is 19.0. The summed E-state index contributed by atoms with van der Waals surface area (Å²) in [6.07, 6.45) is -0.428. The maximum atomic E-state index is 12.4. The van der Waals surface area contributed by atoms with Gasteiger partial charge in [-0.3, -0.25) is 14.5 Å². The number of imide groups is 1. The summed E-state index contributed by atoms with van der Waals surface area (Å²) in [5.41, 5.74) is 0.857. The molecule has 4 rings (SSSR count). The fraction of sp³-hybridized carbons (Fsp3) is 0.176. The first kappa shape index (κ1) is 14.1. The van der Waals surface area contributed by atoms with Crippen molar-refractivity contribution in [1.29, 1.82) is 0 Å². The summed E-state index contributed by atoms with van der Waals surface area (Å²) in [5, 5.41) is 0.536. The zero-order valence-electron chi connectivity index (χ0n) is 12.0. The molecule has 5 nitrogen and oxygen atoms in total. The van der Waals surface area contributed by atoms with E-state index in [0.29, 0.717) is 27.6 Å². The molecule has 116 valence electrons. The van der Waals surface area contributed by atoms with Gasteiger partial charge in [-0.05, 0) is 24.3 Å². The van der Waals surface area contributed by atoms with Gasteiger partial charge in [0.15, 0.2) is 17.6 Å². The molecule has 0 fully saturated rings. The number of fused-ring (bicyclic) bond motifs is 2. The van der Waals surface area contributed by atoms with Crippen molar-refractivity contribution in [2.45, 2.75) is 6.10 Å². The van der Waals surface area contributed by atoms with Gasteiger partial charge in [0.05, 0.1) is 17.7 Å². The van der Waals surface area contributed by atoms with Gasteiger partial charge in [-0.15, -0.1) is 0 Å². The van der Waals surface area contributed by atoms with Crippen molar-refractivity contribution < 1.29 is 19.1 Å². The first-order valence-electron chi connectivity index (χ1n) is 7.18. The van der Waals surface area contributed by atoms with Crippen LogP contribution in [-0.4, -0.2) is 36.0 Å². The minimum absolute atomic E-state index is 0.137. The molecule has 0 N–H and O–H groups in total. The van der Waals surface area contributed by atoms with Crippen LogP contribution in [0.25, 0.3) is 0 Å². The van der Waals surface area contributed by atoms with Crippen molar-refractivity contribution in [3.05, 3.63) is 58.6 Å². The van der Waals surface area contributed by atoms with Crippen molar-refractivity contribution >= 4 is 23.4 Å². The Bertz CT molecular complexity index is 785. The zero-order valence-corrected chi connectivity index (χ0v) is 12.7. The highest BCUT2D eigenvalue weighted by atomic mass is 35.5. The van der Waals surface area contributed by atoms with Gasteiger partial charge in [-0.2, -0.15) is 0 Å². The van der Waals surface area contributed by atoms with Crippen LogP contribution in [0, 0.1) is 0 Å². The second kappa shape index (κ2) is 5.28. The molecular formula is C17H12ClNO4. The second-order valence-electron chi connectivity index (χ2n) is 5.41. The Kier molecular flexibility index (Phi) is 3.23. The van der Waals surface area contributed by atoms with Crippen LogP contribution in [0.1, 0.15) is 20.7 Å². The van der Waals surface area contributed by atoms with E-state index in [1.807, 2.05) is 0 Å². The monoisotopic (exact) mass is 329 g/mol. The summed E-state index contributed by atoms with van der Waals surface area (Å²) >= 11 is 5.95. The number of benzene rings is 2. The zero-order chi connectivity index (χ0) is 16.0. The molecular weight excluding hydrogens is 318 g/mol. The summed E-state index contributed by atoms with van der Waals surface area (Å²) in [4.78, 5) is 25.9. The highest BCUT2D eigenvalue weighted by Gasteiger charge is 2.37. The fourth-order valence-electron chi connectivity index (χ4n) is 2.79. The average molecular weight is 330 g/mol. The van der Waals surface area contributed by atoms with Crippen LogP contribution < -0.4 is 9.47 Å². The standard InChI is InChI=1S/C17H12ClNO4/c18-10-5-6-14-15(7-10)23-11(9-22-14)8-19-16(20)12-3-1-2-4-13(12)17(19)21/h1-7,11H,8-9H2/t11-/m1/s1. The van der Waals surface area contributed by atoms with Crippen LogP contribution in [-0.2, 0) is 0 Å². The predicted octanol–water partition coefficient (Wildman–Crippen LogP) is 2.78. The predicted molar refractivity (Wildman–Crippen MR) is 83.2 cm³/mol. The first-order chi connectivity index (χ1) is 11.1. The second-order valence-corrected chi connectivity index (χ2v) is 5.84. The van der Waals surface area contributed by atoms with Gasteiger partial charge in [0, 0.05) is 11.1 Å². The van der Waals surface area contributed by atoms with E-state index in [9.17, 15) is 9.59 Å². The lowest BCUT2D eigenvalue weighted by molar-refractivity contribution is 0.0430. The van der Waals surface area contributed by atoms with Crippen LogP contribution in [0.3, 0.4) is 0 Å². The molecule has 0 saturated heterocycles. The van der Waals surface area contributed by atoms with Crippen molar-refractivity contribution in [3.63, 3.8) is 0 Å². The first-order valence-corrected chi connectivity index (χ1v) is 7.55. The molecule has 23 heavy (non-hydrogen) atoms. The topological polar surface area (TPSA) is 55.8 Å². The van der Waals surface area contributed by atoms with E-state index in [1.165, 1.54) is 4.90 Å². The number of nitrogens with zero attached hydrogens (tertiary/aromatic N) is 1. The number of hydrogen-bond donors (Lipinski definition) is 0. The number of amides is 2. The molecule has 2 amide bonds. The van der Waals surface area contributed by atoms with E-state index < -0.39 is 6.10 Å². The van der Waals surface area contributed by atoms with Gasteiger partial charge in [-0.25, -0.2) is 0 Å². The van der Waals surface area contributed by atoms with E-state index >= 15 is 0 Å². The highest BCUT2D eigenvalue weighted by molar-refractivity contribution is 6.30. The summed E-state index contributed by atoms with van der Waals surface area (Å²) < 4.78 is 11.4. The molecule has 0 radical (unpaired) electrons. The molecule has 2 aromatic carbocycles. The summed E-state index contributed by atoms with van der Waals surface area (Å²) in [6, 6.07) is 11.9. The number of carbonyl (C=O) groups is 2. The molecule has 0 bridgehead atoms. The third-order valence-electron chi connectivity index (χ3n) is 3.89. The average Bonchev–Trinajstić information content (AvgIpc) is 2.80. The van der Waals surface area contributed by atoms with Gasteiger partial charge in [0.2, 0.25) is 0 Å². The minimum Gasteiger partial charge on any atom is -0.486 e. The molecule has 0 spiro atoms. The molecule has 0 unspecified atom stereocenters. The van der Waals surface area contributed by atoms with Gasteiger partial charge >= 0.3 is 0 Å². The van der Waals surface area contributed by atoms with E-state index in [2.05, 4.69) is 0 Å². The maximum Gasteiger partial charge on any atom is 0.261 e. The molecule has 0 saturated carbocycles. The Morgan fingerprint density at radius 2 is 1.74 bits per heavy atom. The Morgan fingerprint density at radius 1 is 1.04 bits per heavy atom. The maximum absolute atomic E-state index is 12.4. The third kappa shape index (κ3) is 2.33. The van der Waals surface area contributed by atoms with Crippen molar-refractivity contribution in [3.8, 4) is 11.5 Å². The Balaban J connectivity index is 1.54. The number of rotatable bonds is 2. The summed E-state index contributed by atoms with van der Waals surface area (Å²) in [6.45, 7) is 0.403. The third-order valence-corrected chi connectivity index (χ3v) is 4.12. The minimum atomic E-state index is -0.428. The molecule has 0 aliphatic carbocycles. The SMILES string of the molecule is O=C1c2ccccc2C(=O)N1C[C@@H]1COc2ccc(Cl)cc2O1. The molecule has 2 heterocycles. The summed E-state index contributed by atoms with van der Waals surface area (Å²) in [5.74, 6) is 0.524. The van der Waals surface area contributed by atoms with Crippen molar-refractivity contribution in [2.75, 3.05) is 13.2 Å². The lowest BCUT2D eigenvalue weighted by Gasteiger charge is -2.28. The molecule has 2 aliphatic rings. The van der Waals surface area contributed by atoms with Crippen molar-refractivity contribution in [1.82, 2.24) is 4.90 Å². The van der Waals surface area contributed by atoms with Crippen LogP contribution in [0.4, 0.5) is 0 Å². The van der Waals surface area contributed by atoms with E-state index in [0.717, 1.165) is 0 Å². The molecule has 0 aromatic heterocycles. The largest absolute Gasteiger partial charge is 0.486 e. The van der Waals surface area contributed by atoms with Crippen LogP contribution >= 0.6 is 11.6 Å². The molecule has 2 aromatic rings.